The molecule has 0 bridgehead atoms. The first-order valence-corrected chi connectivity index (χ1v) is 13.4. The third kappa shape index (κ3) is 3.82. The van der Waals surface area contributed by atoms with E-state index in [2.05, 4.69) is 5.92 Å². The fourth-order valence-corrected chi connectivity index (χ4v) is 8.36. The van der Waals surface area contributed by atoms with Crippen LogP contribution in [0.2, 0.25) is 0 Å². The maximum absolute atomic E-state index is 14.2. The number of carboxylic acids is 1. The number of amides is 1. The summed E-state index contributed by atoms with van der Waals surface area (Å²) in [7, 11) is 0. The van der Waals surface area contributed by atoms with Crippen molar-refractivity contribution in [1.29, 1.82) is 0 Å². The first kappa shape index (κ1) is 29.7. The van der Waals surface area contributed by atoms with Crippen molar-refractivity contribution in [2.24, 2.45) is 40.2 Å². The quantitative estimate of drug-likeness (QED) is 0.234. The number of hydrogen-bond donors (Lipinski definition) is 6. The molecule has 216 valence electrons. The molecule has 10 nitrogen and oxygen atoms in total. The molecule has 40 heavy (non-hydrogen) atoms. The van der Waals surface area contributed by atoms with E-state index in [0.717, 1.165) is 0 Å². The molecule has 2 fully saturated rings. The lowest BCUT2D eigenvalue weighted by Gasteiger charge is -2.66. The molecule has 3 aliphatic rings. The van der Waals surface area contributed by atoms with E-state index in [-0.39, 0.29) is 35.8 Å². The van der Waals surface area contributed by atoms with Gasteiger partial charge in [-0.1, -0.05) is 47.5 Å². The van der Waals surface area contributed by atoms with Crippen molar-refractivity contribution in [1.82, 2.24) is 0 Å². The highest BCUT2D eigenvalue weighted by Crippen LogP contribution is 2.66. The van der Waals surface area contributed by atoms with Gasteiger partial charge in [-0.3, -0.25) is 14.4 Å². The third-order valence-corrected chi connectivity index (χ3v) is 9.74. The van der Waals surface area contributed by atoms with Crippen LogP contribution in [0.25, 0.3) is 0 Å². The summed E-state index contributed by atoms with van der Waals surface area (Å²) in [6.07, 6.45) is -3.27. The van der Waals surface area contributed by atoms with E-state index < -0.39 is 75.6 Å². The molecule has 0 radical (unpaired) electrons. The number of phenols is 1. The first-order valence-electron chi connectivity index (χ1n) is 13.4. The monoisotopic (exact) mass is 555 g/mol. The minimum absolute atomic E-state index is 0.0411. The number of ketones is 2. The van der Waals surface area contributed by atoms with Gasteiger partial charge in [0.1, 0.15) is 17.8 Å². The first-order chi connectivity index (χ1) is 18.3. The molecule has 0 aliphatic heterocycles. The third-order valence-electron chi connectivity index (χ3n) is 9.74. The molecule has 8 atom stereocenters. The van der Waals surface area contributed by atoms with E-state index in [9.17, 15) is 39.6 Å². The lowest BCUT2D eigenvalue weighted by molar-refractivity contribution is -0.265. The Labute approximate surface area is 232 Å². The largest absolute Gasteiger partial charge is 0.506 e. The zero-order valence-electron chi connectivity index (χ0n) is 23.5. The van der Waals surface area contributed by atoms with Crippen molar-refractivity contribution >= 4 is 23.4 Å². The van der Waals surface area contributed by atoms with E-state index >= 15 is 0 Å². The topological polar surface area (TPSA) is 195 Å². The van der Waals surface area contributed by atoms with Crippen LogP contribution >= 0.6 is 0 Å². The van der Waals surface area contributed by atoms with E-state index in [1.165, 1.54) is 0 Å². The van der Waals surface area contributed by atoms with E-state index in [4.69, 9.17) is 10.8 Å². The molecule has 2 saturated carbocycles. The van der Waals surface area contributed by atoms with Crippen LogP contribution in [0.15, 0.2) is 6.07 Å². The molecule has 0 spiro atoms. The van der Waals surface area contributed by atoms with Crippen LogP contribution < -0.4 is 5.73 Å². The number of Topliss-reactive ketones (excluding diaryl/α,β-unsaturated/α-hetero) is 2. The molecule has 0 saturated heterocycles. The smallest absolute Gasteiger partial charge is 0.382 e. The minimum Gasteiger partial charge on any atom is -0.506 e. The van der Waals surface area contributed by atoms with E-state index in [0.29, 0.717) is 11.1 Å². The molecule has 3 aliphatic carbocycles. The van der Waals surface area contributed by atoms with Gasteiger partial charge in [0, 0.05) is 11.3 Å². The van der Waals surface area contributed by atoms with E-state index in [1.54, 1.807) is 33.8 Å². The highest BCUT2D eigenvalue weighted by atomic mass is 16.4. The maximum atomic E-state index is 14.2. The Balaban J connectivity index is 2.00. The molecule has 0 aromatic heterocycles. The van der Waals surface area contributed by atoms with Crippen LogP contribution in [-0.4, -0.2) is 66.8 Å². The number of nitrogens with two attached hydrogens (primary N) is 1. The highest BCUT2D eigenvalue weighted by Gasteiger charge is 2.75. The second kappa shape index (κ2) is 9.40. The van der Waals surface area contributed by atoms with Crippen molar-refractivity contribution in [3.8, 4) is 17.6 Å². The number of aliphatic hydroxyl groups excluding tert-OH is 2. The molecule has 4 rings (SSSR count). The SMILES string of the molecule is CC(C)c1cc(C#CC(=O)O)c(O)c2c1C[C@]1(C)C[C@]3(C)[C@@H](C(C)C)C(O)[C@@H](C(N)=O)C(=O)[C@]3(O)C(O)[C@H]1C2=O. The number of aliphatic hydroxyl groups is 3. The molecule has 0 heterocycles. The Morgan fingerprint density at radius 2 is 1.73 bits per heavy atom. The normalized spacial score (nSPS) is 36.8. The van der Waals surface area contributed by atoms with Crippen LogP contribution in [-0.2, 0) is 20.8 Å². The molecular formula is C30H37NO9. The molecule has 7 N–H and O–H groups in total. The van der Waals surface area contributed by atoms with Crippen molar-refractivity contribution in [3.05, 3.63) is 28.3 Å². The lowest BCUT2D eigenvalue weighted by Crippen LogP contribution is -2.79. The summed E-state index contributed by atoms with van der Waals surface area (Å²) in [6.45, 7) is 10.7. The van der Waals surface area contributed by atoms with Crippen LogP contribution in [0.5, 0.6) is 5.75 Å². The fraction of sp³-hybridized carbons (Fsp3) is 0.600. The standard InChI is InChI=1S/C30H37NO9/c1-12(2)15-9-14(7-8-17(32)33)22(34)18-16(15)10-28(5)11-29(6)20(13(3)4)24(36)19(27(31)39)25(37)30(29,40)26(38)21(28)23(18)35/h9,12-13,19-21,24,26,34,36,38,40H,10-11H2,1-6H3,(H2,31,39)(H,32,33)/t19-,20+,21-,24?,26?,28-,29-,30+/m1/s1. The number of aromatic hydroxyl groups is 1. The zero-order chi connectivity index (χ0) is 30.3. The van der Waals surface area contributed by atoms with Gasteiger partial charge in [-0.15, -0.1) is 0 Å². The number of carbonyl (C=O) groups is 4. The summed E-state index contributed by atoms with van der Waals surface area (Å²) < 4.78 is 0. The van der Waals surface area contributed by atoms with Crippen molar-refractivity contribution in [2.75, 3.05) is 0 Å². The number of fused-ring (bicyclic) bond motifs is 3. The fourth-order valence-electron chi connectivity index (χ4n) is 8.36. The van der Waals surface area contributed by atoms with Crippen LogP contribution in [0.1, 0.15) is 80.9 Å². The summed E-state index contributed by atoms with van der Waals surface area (Å²) in [6, 6.07) is 1.56. The highest BCUT2D eigenvalue weighted by molar-refractivity contribution is 6.09. The minimum atomic E-state index is -2.60. The van der Waals surface area contributed by atoms with Crippen LogP contribution in [0, 0.1) is 46.3 Å². The molecule has 1 amide bonds. The second-order valence-corrected chi connectivity index (χ2v) is 12.9. The van der Waals surface area contributed by atoms with Crippen molar-refractivity contribution in [2.45, 2.75) is 78.1 Å². The maximum Gasteiger partial charge on any atom is 0.382 e. The average Bonchev–Trinajstić information content (AvgIpc) is 2.80. The van der Waals surface area contributed by atoms with Gasteiger partial charge in [0.2, 0.25) is 5.91 Å². The summed E-state index contributed by atoms with van der Waals surface area (Å²) >= 11 is 0. The van der Waals surface area contributed by atoms with Crippen molar-refractivity contribution < 1.29 is 44.7 Å². The molecule has 1 aromatic rings. The molecule has 2 unspecified atom stereocenters. The number of hydrogen-bond acceptors (Lipinski definition) is 8. The summed E-state index contributed by atoms with van der Waals surface area (Å²) in [5.41, 5.74) is 1.41. The number of aliphatic carboxylic acids is 1. The number of rotatable bonds is 3. The molecule has 10 heteroatoms. The number of carbonyl (C=O) groups excluding carboxylic acids is 3. The summed E-state index contributed by atoms with van der Waals surface area (Å²) in [5.74, 6) is -5.09. The van der Waals surface area contributed by atoms with Crippen LogP contribution in [0.3, 0.4) is 0 Å². The van der Waals surface area contributed by atoms with Crippen molar-refractivity contribution in [3.63, 3.8) is 0 Å². The van der Waals surface area contributed by atoms with Gasteiger partial charge in [0.15, 0.2) is 17.2 Å². The van der Waals surface area contributed by atoms with Crippen LogP contribution in [0.4, 0.5) is 0 Å². The van der Waals surface area contributed by atoms with Gasteiger partial charge >= 0.3 is 5.97 Å². The van der Waals surface area contributed by atoms with Gasteiger partial charge < -0.3 is 31.3 Å². The molecule has 1 aromatic carbocycles. The zero-order valence-corrected chi connectivity index (χ0v) is 23.5. The number of benzene rings is 1. The average molecular weight is 556 g/mol. The number of primary amides is 1. The molecular weight excluding hydrogens is 518 g/mol. The summed E-state index contributed by atoms with van der Waals surface area (Å²) in [5, 5.41) is 55.4. The van der Waals surface area contributed by atoms with Gasteiger partial charge in [-0.2, -0.15) is 0 Å². The van der Waals surface area contributed by atoms with Gasteiger partial charge in [-0.05, 0) is 53.2 Å². The Kier molecular flexibility index (Phi) is 6.98. The van der Waals surface area contributed by atoms with Gasteiger partial charge in [0.05, 0.1) is 23.1 Å². The predicted octanol–water partition coefficient (Wildman–Crippen LogP) is 1.13. The Hall–Kier alpha value is -3.26. The lowest BCUT2D eigenvalue weighted by atomic mass is 9.39. The van der Waals surface area contributed by atoms with E-state index in [1.807, 2.05) is 19.8 Å². The number of phenolic OH excluding ortho intramolecular Hbond substituents is 1. The Bertz CT molecular complexity index is 1390. The second-order valence-electron chi connectivity index (χ2n) is 12.9. The summed E-state index contributed by atoms with van der Waals surface area (Å²) in [4.78, 5) is 51.4. The Morgan fingerprint density at radius 1 is 1.12 bits per heavy atom. The number of carboxylic acid groups (broad SMARTS) is 1. The predicted molar refractivity (Wildman–Crippen MR) is 142 cm³/mol. The van der Waals surface area contributed by atoms with Gasteiger partial charge in [-0.25, -0.2) is 4.79 Å². The Morgan fingerprint density at radius 3 is 2.23 bits per heavy atom. The van der Waals surface area contributed by atoms with Gasteiger partial charge in [0.25, 0.3) is 0 Å².